The second-order valence-corrected chi connectivity index (χ2v) is 4.03. The highest BCUT2D eigenvalue weighted by molar-refractivity contribution is 4.91. The molecule has 0 saturated carbocycles. The van der Waals surface area contributed by atoms with E-state index in [1.165, 1.54) is 6.07 Å². The fraction of sp³-hybridized carbons (Fsp3) is 0.900. The Morgan fingerprint density at radius 2 is 2.29 bits per heavy atom. The number of likely N-dealkylation sites (N-methyl/N-ethyl adjacent to an activating group) is 1. The molecule has 2 unspecified atom stereocenters. The number of nitriles is 1. The van der Waals surface area contributed by atoms with Crippen molar-refractivity contribution in [2.75, 3.05) is 39.8 Å². The molecule has 0 aromatic heterocycles. The van der Waals surface area contributed by atoms with Gasteiger partial charge in [0.15, 0.2) is 5.92 Å². The molecule has 1 N–H and O–H groups in total. The summed E-state index contributed by atoms with van der Waals surface area (Å²) in [4.78, 5) is 1.63. The smallest absolute Gasteiger partial charge is 0.374 e. The molecule has 0 amide bonds. The molecule has 0 bridgehead atoms. The van der Waals surface area contributed by atoms with Crippen LogP contribution in [-0.2, 0) is 4.74 Å². The highest BCUT2D eigenvalue weighted by Crippen LogP contribution is 2.26. The lowest BCUT2D eigenvalue weighted by molar-refractivity contribution is -0.166. The molecule has 1 rings (SSSR count). The molecule has 1 saturated heterocycles. The maximum absolute atomic E-state index is 12.4. The van der Waals surface area contributed by atoms with E-state index in [0.29, 0.717) is 26.2 Å². The van der Waals surface area contributed by atoms with Gasteiger partial charge in [-0.1, -0.05) is 0 Å². The van der Waals surface area contributed by atoms with Gasteiger partial charge in [0.2, 0.25) is 0 Å². The van der Waals surface area contributed by atoms with Crippen LogP contribution in [-0.4, -0.2) is 57.0 Å². The second kappa shape index (κ2) is 6.19. The van der Waals surface area contributed by atoms with Crippen molar-refractivity contribution in [2.24, 2.45) is 5.92 Å². The van der Waals surface area contributed by atoms with Crippen LogP contribution in [0.25, 0.3) is 0 Å². The lowest BCUT2D eigenvalue weighted by Crippen LogP contribution is -2.48. The van der Waals surface area contributed by atoms with E-state index in [1.807, 2.05) is 0 Å². The Hall–Kier alpha value is -0.840. The van der Waals surface area contributed by atoms with Crippen molar-refractivity contribution < 1.29 is 17.9 Å². The van der Waals surface area contributed by atoms with E-state index >= 15 is 0 Å². The molecule has 2 atom stereocenters. The summed E-state index contributed by atoms with van der Waals surface area (Å²) < 4.78 is 42.7. The number of rotatable bonds is 4. The van der Waals surface area contributed by atoms with Crippen LogP contribution in [0.2, 0.25) is 0 Å². The second-order valence-electron chi connectivity index (χ2n) is 4.03. The normalized spacial score (nSPS) is 24.3. The summed E-state index contributed by atoms with van der Waals surface area (Å²) in [6.07, 6.45) is -4.56. The molecule has 1 aliphatic rings. The van der Waals surface area contributed by atoms with Crippen LogP contribution in [0.1, 0.15) is 0 Å². The number of morpholine rings is 1. The van der Waals surface area contributed by atoms with Crippen LogP contribution in [0.5, 0.6) is 0 Å². The highest BCUT2D eigenvalue weighted by Gasteiger charge is 2.41. The van der Waals surface area contributed by atoms with Gasteiger partial charge in [0.25, 0.3) is 0 Å². The fourth-order valence-electron chi connectivity index (χ4n) is 1.77. The SMILES string of the molecule is CNCC1CN(CC(C#N)C(F)(F)F)CCO1. The zero-order chi connectivity index (χ0) is 12.9. The number of nitrogens with one attached hydrogen (secondary N) is 1. The Morgan fingerprint density at radius 3 is 2.82 bits per heavy atom. The molecule has 7 heteroatoms. The Bertz CT molecular complexity index is 275. The van der Waals surface area contributed by atoms with Crippen molar-refractivity contribution >= 4 is 0 Å². The topological polar surface area (TPSA) is 48.3 Å². The summed E-state index contributed by atoms with van der Waals surface area (Å²) >= 11 is 0. The summed E-state index contributed by atoms with van der Waals surface area (Å²) in [5.74, 6) is -1.92. The van der Waals surface area contributed by atoms with Crippen molar-refractivity contribution in [3.05, 3.63) is 0 Å². The van der Waals surface area contributed by atoms with Crippen LogP contribution < -0.4 is 5.32 Å². The average molecular weight is 251 g/mol. The predicted molar refractivity (Wildman–Crippen MR) is 55.3 cm³/mol. The van der Waals surface area contributed by atoms with Gasteiger partial charge in [0.1, 0.15) is 0 Å². The first-order valence-corrected chi connectivity index (χ1v) is 5.42. The van der Waals surface area contributed by atoms with Crippen molar-refractivity contribution in [3.8, 4) is 6.07 Å². The first-order valence-electron chi connectivity index (χ1n) is 5.42. The lowest BCUT2D eigenvalue weighted by Gasteiger charge is -2.34. The van der Waals surface area contributed by atoms with Gasteiger partial charge in [-0.25, -0.2) is 0 Å². The zero-order valence-electron chi connectivity index (χ0n) is 9.63. The number of ether oxygens (including phenoxy) is 1. The maximum atomic E-state index is 12.4. The first kappa shape index (κ1) is 14.2. The lowest BCUT2D eigenvalue weighted by atomic mass is 10.1. The van der Waals surface area contributed by atoms with Crippen LogP contribution in [0, 0.1) is 17.2 Å². The molecule has 0 radical (unpaired) electrons. The molecular weight excluding hydrogens is 235 g/mol. The Kier molecular flexibility index (Phi) is 5.18. The Balaban J connectivity index is 2.48. The molecule has 1 aliphatic heterocycles. The third-order valence-corrected chi connectivity index (χ3v) is 2.65. The van der Waals surface area contributed by atoms with Crippen LogP contribution >= 0.6 is 0 Å². The minimum atomic E-state index is -4.45. The Labute approximate surface area is 98.3 Å². The van der Waals surface area contributed by atoms with Gasteiger partial charge in [-0.05, 0) is 7.05 Å². The molecule has 98 valence electrons. The summed E-state index contributed by atoms with van der Waals surface area (Å²) in [7, 11) is 1.76. The Morgan fingerprint density at radius 1 is 1.59 bits per heavy atom. The highest BCUT2D eigenvalue weighted by atomic mass is 19.4. The molecule has 0 aromatic rings. The van der Waals surface area contributed by atoms with E-state index < -0.39 is 12.1 Å². The van der Waals surface area contributed by atoms with Crippen LogP contribution in [0.3, 0.4) is 0 Å². The van der Waals surface area contributed by atoms with E-state index in [-0.39, 0.29) is 12.6 Å². The quantitative estimate of drug-likeness (QED) is 0.795. The molecular formula is C10H16F3N3O. The van der Waals surface area contributed by atoms with Gasteiger partial charge in [-0.2, -0.15) is 18.4 Å². The molecule has 1 fully saturated rings. The maximum Gasteiger partial charge on any atom is 0.405 e. The van der Waals surface area contributed by atoms with Crippen molar-refractivity contribution in [3.63, 3.8) is 0 Å². The predicted octanol–water partition coefficient (Wildman–Crippen LogP) is 0.609. The van der Waals surface area contributed by atoms with Crippen molar-refractivity contribution in [2.45, 2.75) is 12.3 Å². The first-order chi connectivity index (χ1) is 7.97. The van der Waals surface area contributed by atoms with Gasteiger partial charge >= 0.3 is 6.18 Å². The summed E-state index contributed by atoms with van der Waals surface area (Å²) in [5.41, 5.74) is 0. The summed E-state index contributed by atoms with van der Waals surface area (Å²) in [6, 6.07) is 1.31. The van der Waals surface area contributed by atoms with Gasteiger partial charge in [-0.3, -0.25) is 4.90 Å². The van der Waals surface area contributed by atoms with Gasteiger partial charge in [0.05, 0.1) is 18.8 Å². The van der Waals surface area contributed by atoms with Crippen molar-refractivity contribution in [1.82, 2.24) is 10.2 Å². The van der Waals surface area contributed by atoms with E-state index in [9.17, 15) is 13.2 Å². The molecule has 0 aromatic carbocycles. The standard InChI is InChI=1S/C10H16F3N3O/c1-15-5-9-7-16(2-3-17-9)6-8(4-14)10(11,12)13/h8-9,15H,2-3,5-7H2,1H3. The number of halogens is 3. The number of hydrogen-bond acceptors (Lipinski definition) is 4. The summed E-state index contributed by atoms with van der Waals surface area (Å²) in [5, 5.41) is 11.4. The van der Waals surface area contributed by atoms with Crippen molar-refractivity contribution in [1.29, 1.82) is 5.26 Å². The monoisotopic (exact) mass is 251 g/mol. The third-order valence-electron chi connectivity index (χ3n) is 2.65. The average Bonchev–Trinajstić information content (AvgIpc) is 2.25. The van der Waals surface area contributed by atoms with E-state index in [1.54, 1.807) is 11.9 Å². The van der Waals surface area contributed by atoms with E-state index in [0.717, 1.165) is 0 Å². The fourth-order valence-corrected chi connectivity index (χ4v) is 1.77. The third kappa shape index (κ3) is 4.50. The number of nitrogens with zero attached hydrogens (tertiary/aromatic N) is 2. The largest absolute Gasteiger partial charge is 0.405 e. The summed E-state index contributed by atoms with van der Waals surface area (Å²) in [6.45, 7) is 1.59. The molecule has 4 nitrogen and oxygen atoms in total. The molecule has 17 heavy (non-hydrogen) atoms. The molecule has 1 heterocycles. The molecule has 0 spiro atoms. The number of alkyl halides is 3. The van der Waals surface area contributed by atoms with Gasteiger partial charge in [0, 0.05) is 26.2 Å². The van der Waals surface area contributed by atoms with Crippen LogP contribution in [0.4, 0.5) is 13.2 Å². The van der Waals surface area contributed by atoms with E-state index in [2.05, 4.69) is 5.32 Å². The minimum absolute atomic E-state index is 0.110. The zero-order valence-corrected chi connectivity index (χ0v) is 9.63. The molecule has 0 aliphatic carbocycles. The van der Waals surface area contributed by atoms with Gasteiger partial charge < -0.3 is 10.1 Å². The minimum Gasteiger partial charge on any atom is -0.374 e. The number of hydrogen-bond donors (Lipinski definition) is 1. The van der Waals surface area contributed by atoms with Crippen LogP contribution in [0.15, 0.2) is 0 Å². The van der Waals surface area contributed by atoms with E-state index in [4.69, 9.17) is 10.00 Å². The van der Waals surface area contributed by atoms with Gasteiger partial charge in [-0.15, -0.1) is 0 Å².